The molecule has 1 aromatic heterocycles. The summed E-state index contributed by atoms with van der Waals surface area (Å²) in [5.74, 6) is -0.513. The number of hydrogen-bond donors (Lipinski definition) is 2. The summed E-state index contributed by atoms with van der Waals surface area (Å²) in [6.45, 7) is 7.53. The van der Waals surface area contributed by atoms with Crippen molar-refractivity contribution < 1.29 is 23.2 Å². The molecule has 2 rings (SSSR count). The van der Waals surface area contributed by atoms with Crippen LogP contribution in [0.15, 0.2) is 41.1 Å². The second-order valence-electron chi connectivity index (χ2n) is 6.29. The van der Waals surface area contributed by atoms with Gasteiger partial charge in [-0.05, 0) is 12.1 Å². The normalized spacial score (nSPS) is 10.6. The maximum Gasteiger partial charge on any atom is 0.273 e. The Labute approximate surface area is 166 Å². The van der Waals surface area contributed by atoms with Gasteiger partial charge in [0.15, 0.2) is 12.3 Å². The van der Waals surface area contributed by atoms with Gasteiger partial charge in [0.2, 0.25) is 0 Å². The fourth-order valence-electron chi connectivity index (χ4n) is 2.10. The van der Waals surface area contributed by atoms with Gasteiger partial charge in [0.25, 0.3) is 11.8 Å². The fourth-order valence-corrected chi connectivity index (χ4v) is 2.21. The van der Waals surface area contributed by atoms with Crippen molar-refractivity contribution in [3.05, 3.63) is 58.8 Å². The highest BCUT2D eigenvalue weighted by Gasteiger charge is 2.14. The third kappa shape index (κ3) is 6.38. The standard InChI is InChI=1S/C19H21ClFN3O4/c1-11(2)17-9-16(24-28-17)19(26)22-7-6-12(3)23-18(25)10-27-13-4-5-14(20)15(21)8-13/h4-5,8-9,11H,3,6-7,10H2,1-2H3,(H,22,26)(H,23,25). The minimum absolute atomic E-state index is 0.0294. The SMILES string of the molecule is C=C(CCNC(=O)c1cc(C(C)C)on1)NC(=O)COc1ccc(Cl)c(F)c1. The number of carbonyl (C=O) groups is 2. The van der Waals surface area contributed by atoms with Crippen molar-refractivity contribution in [3.63, 3.8) is 0 Å². The van der Waals surface area contributed by atoms with E-state index in [-0.39, 0.29) is 41.4 Å². The molecule has 0 aliphatic rings. The first-order valence-electron chi connectivity index (χ1n) is 8.56. The minimum atomic E-state index is -0.632. The highest BCUT2D eigenvalue weighted by Crippen LogP contribution is 2.20. The second kappa shape index (κ2) is 9.89. The molecule has 0 aliphatic heterocycles. The van der Waals surface area contributed by atoms with Gasteiger partial charge in [0.05, 0.1) is 5.02 Å². The lowest BCUT2D eigenvalue weighted by Crippen LogP contribution is -2.31. The Hall–Kier alpha value is -2.87. The van der Waals surface area contributed by atoms with Crippen molar-refractivity contribution in [1.82, 2.24) is 15.8 Å². The Morgan fingerprint density at radius 1 is 1.36 bits per heavy atom. The molecule has 7 nitrogen and oxygen atoms in total. The highest BCUT2D eigenvalue weighted by atomic mass is 35.5. The summed E-state index contributed by atoms with van der Waals surface area (Å²) in [5.41, 5.74) is 0.598. The van der Waals surface area contributed by atoms with Gasteiger partial charge in [-0.3, -0.25) is 9.59 Å². The van der Waals surface area contributed by atoms with Crippen LogP contribution in [-0.2, 0) is 4.79 Å². The number of rotatable bonds is 9. The lowest BCUT2D eigenvalue weighted by molar-refractivity contribution is -0.122. The van der Waals surface area contributed by atoms with Gasteiger partial charge in [-0.2, -0.15) is 0 Å². The molecular formula is C19H21ClFN3O4. The molecular weight excluding hydrogens is 389 g/mol. The van der Waals surface area contributed by atoms with E-state index in [2.05, 4.69) is 22.4 Å². The smallest absolute Gasteiger partial charge is 0.273 e. The van der Waals surface area contributed by atoms with E-state index in [1.165, 1.54) is 12.1 Å². The zero-order valence-corrected chi connectivity index (χ0v) is 16.3. The monoisotopic (exact) mass is 409 g/mol. The Bertz CT molecular complexity index is 867. The van der Waals surface area contributed by atoms with Gasteiger partial charge < -0.3 is 19.9 Å². The zero-order valence-electron chi connectivity index (χ0n) is 15.6. The van der Waals surface area contributed by atoms with E-state index in [1.807, 2.05) is 13.8 Å². The summed E-state index contributed by atoms with van der Waals surface area (Å²) in [6.07, 6.45) is 0.321. The molecule has 0 saturated carbocycles. The molecule has 0 atom stereocenters. The number of aromatic nitrogens is 1. The molecule has 150 valence electrons. The lowest BCUT2D eigenvalue weighted by Gasteiger charge is -2.10. The lowest BCUT2D eigenvalue weighted by atomic mass is 10.1. The molecule has 1 heterocycles. The van der Waals surface area contributed by atoms with Crippen molar-refractivity contribution in [3.8, 4) is 5.75 Å². The highest BCUT2D eigenvalue weighted by molar-refractivity contribution is 6.30. The third-order valence-corrected chi connectivity index (χ3v) is 3.93. The Morgan fingerprint density at radius 2 is 2.11 bits per heavy atom. The molecule has 2 N–H and O–H groups in total. The average Bonchev–Trinajstić information content (AvgIpc) is 3.13. The van der Waals surface area contributed by atoms with Crippen LogP contribution in [0.25, 0.3) is 0 Å². The Kier molecular flexibility index (Phi) is 7.57. The Morgan fingerprint density at radius 3 is 2.75 bits per heavy atom. The summed E-state index contributed by atoms with van der Waals surface area (Å²) < 4.78 is 23.6. The summed E-state index contributed by atoms with van der Waals surface area (Å²) in [6, 6.07) is 5.48. The Balaban J connectivity index is 1.69. The minimum Gasteiger partial charge on any atom is -0.484 e. The zero-order chi connectivity index (χ0) is 20.7. The van der Waals surface area contributed by atoms with Crippen LogP contribution in [0, 0.1) is 5.82 Å². The number of ether oxygens (including phenoxy) is 1. The van der Waals surface area contributed by atoms with Crippen LogP contribution < -0.4 is 15.4 Å². The molecule has 2 amide bonds. The number of nitrogens with one attached hydrogen (secondary N) is 2. The first-order valence-corrected chi connectivity index (χ1v) is 8.94. The summed E-state index contributed by atoms with van der Waals surface area (Å²) in [4.78, 5) is 23.8. The molecule has 2 aromatic rings. The van der Waals surface area contributed by atoms with Crippen LogP contribution in [0.5, 0.6) is 5.75 Å². The van der Waals surface area contributed by atoms with Crippen LogP contribution in [0.1, 0.15) is 42.4 Å². The fraction of sp³-hybridized carbons (Fsp3) is 0.316. The van der Waals surface area contributed by atoms with Gasteiger partial charge in [0, 0.05) is 36.7 Å². The van der Waals surface area contributed by atoms with Gasteiger partial charge in [-0.15, -0.1) is 0 Å². The summed E-state index contributed by atoms with van der Waals surface area (Å²) >= 11 is 5.58. The molecule has 0 saturated heterocycles. The van der Waals surface area contributed by atoms with E-state index in [9.17, 15) is 14.0 Å². The van der Waals surface area contributed by atoms with Crippen LogP contribution in [-0.4, -0.2) is 30.1 Å². The first-order chi connectivity index (χ1) is 13.3. The van der Waals surface area contributed by atoms with E-state index in [0.717, 1.165) is 6.07 Å². The molecule has 1 aromatic carbocycles. The molecule has 0 unspecified atom stereocenters. The van der Waals surface area contributed by atoms with Gasteiger partial charge in [-0.1, -0.05) is 37.2 Å². The molecule has 0 fully saturated rings. The molecule has 0 radical (unpaired) electrons. The van der Waals surface area contributed by atoms with Crippen LogP contribution in [0.3, 0.4) is 0 Å². The van der Waals surface area contributed by atoms with Crippen molar-refractivity contribution in [1.29, 1.82) is 0 Å². The van der Waals surface area contributed by atoms with Crippen LogP contribution in [0.2, 0.25) is 5.02 Å². The van der Waals surface area contributed by atoms with E-state index in [4.69, 9.17) is 20.9 Å². The number of carbonyl (C=O) groups excluding carboxylic acids is 2. The van der Waals surface area contributed by atoms with Crippen molar-refractivity contribution >= 4 is 23.4 Å². The van der Waals surface area contributed by atoms with Crippen molar-refractivity contribution in [2.75, 3.05) is 13.2 Å². The predicted octanol–water partition coefficient (Wildman–Crippen LogP) is 3.42. The maximum atomic E-state index is 13.3. The molecule has 0 bridgehead atoms. The molecule has 28 heavy (non-hydrogen) atoms. The predicted molar refractivity (Wildman–Crippen MR) is 102 cm³/mol. The van der Waals surface area contributed by atoms with E-state index < -0.39 is 11.7 Å². The number of nitrogens with zero attached hydrogens (tertiary/aromatic N) is 1. The first kappa shape index (κ1) is 21.4. The third-order valence-electron chi connectivity index (χ3n) is 3.62. The second-order valence-corrected chi connectivity index (χ2v) is 6.70. The van der Waals surface area contributed by atoms with Gasteiger partial charge >= 0.3 is 0 Å². The van der Waals surface area contributed by atoms with Crippen molar-refractivity contribution in [2.45, 2.75) is 26.2 Å². The van der Waals surface area contributed by atoms with Crippen LogP contribution in [0.4, 0.5) is 4.39 Å². The van der Waals surface area contributed by atoms with Crippen molar-refractivity contribution in [2.24, 2.45) is 0 Å². The maximum absolute atomic E-state index is 13.3. The number of hydrogen-bond acceptors (Lipinski definition) is 5. The molecule has 0 spiro atoms. The van der Waals surface area contributed by atoms with E-state index in [1.54, 1.807) is 6.07 Å². The number of halogens is 2. The quantitative estimate of drug-likeness (QED) is 0.661. The van der Waals surface area contributed by atoms with Gasteiger partial charge in [-0.25, -0.2) is 4.39 Å². The van der Waals surface area contributed by atoms with E-state index >= 15 is 0 Å². The average molecular weight is 410 g/mol. The van der Waals surface area contributed by atoms with E-state index in [0.29, 0.717) is 17.9 Å². The largest absolute Gasteiger partial charge is 0.484 e. The molecule has 9 heteroatoms. The summed E-state index contributed by atoms with van der Waals surface area (Å²) in [7, 11) is 0. The molecule has 0 aliphatic carbocycles. The number of benzene rings is 1. The summed E-state index contributed by atoms with van der Waals surface area (Å²) in [5, 5.41) is 8.90. The number of amides is 2. The van der Waals surface area contributed by atoms with Gasteiger partial charge in [0.1, 0.15) is 17.3 Å². The van der Waals surface area contributed by atoms with Crippen LogP contribution >= 0.6 is 11.6 Å². The topological polar surface area (TPSA) is 93.5 Å².